The number of halogens is 1. The fourth-order valence-electron chi connectivity index (χ4n) is 0.420. The minimum absolute atomic E-state index is 0. The summed E-state index contributed by atoms with van der Waals surface area (Å²) in [5.74, 6) is 5.28. The van der Waals surface area contributed by atoms with Crippen LogP contribution in [-0.4, -0.2) is 15.1 Å². The summed E-state index contributed by atoms with van der Waals surface area (Å²) < 4.78 is 0. The summed E-state index contributed by atoms with van der Waals surface area (Å²) >= 11 is 0. The van der Waals surface area contributed by atoms with Crippen LogP contribution in [0.1, 0.15) is 11.4 Å². The van der Waals surface area contributed by atoms with Crippen molar-refractivity contribution >= 4 is 17.0 Å². The first-order chi connectivity index (χ1) is 3.72. The lowest BCUT2D eigenvalue weighted by atomic mass is 10.4. The Hall–Kier alpha value is -0.580. The van der Waals surface area contributed by atoms with E-state index < -0.39 is 0 Å². The van der Waals surface area contributed by atoms with E-state index in [0.29, 0.717) is 0 Å². The Balaban J connectivity index is 0.000000640. The summed E-state index contributed by atoms with van der Waals surface area (Å²) in [5.41, 5.74) is 1.79. The SMILES string of the molecule is Br.Cc1nnn(N)c1C. The number of rotatable bonds is 0. The van der Waals surface area contributed by atoms with Crippen LogP contribution in [0.2, 0.25) is 0 Å². The van der Waals surface area contributed by atoms with Gasteiger partial charge in [-0.3, -0.25) is 0 Å². The summed E-state index contributed by atoms with van der Waals surface area (Å²) in [6.45, 7) is 3.74. The van der Waals surface area contributed by atoms with E-state index in [0.717, 1.165) is 11.4 Å². The van der Waals surface area contributed by atoms with Crippen molar-refractivity contribution in [2.75, 3.05) is 5.84 Å². The lowest BCUT2D eigenvalue weighted by Gasteiger charge is -1.88. The number of aromatic nitrogens is 3. The van der Waals surface area contributed by atoms with Crippen LogP contribution in [0.25, 0.3) is 0 Å². The molecule has 9 heavy (non-hydrogen) atoms. The van der Waals surface area contributed by atoms with Gasteiger partial charge in [0.25, 0.3) is 0 Å². The number of nitrogen functional groups attached to an aromatic ring is 1. The Labute approximate surface area is 63.8 Å². The molecule has 2 N–H and O–H groups in total. The third kappa shape index (κ3) is 1.41. The number of hydrogen-bond acceptors (Lipinski definition) is 3. The Morgan fingerprint density at radius 3 is 2.11 bits per heavy atom. The molecule has 0 aliphatic rings. The largest absolute Gasteiger partial charge is 0.322 e. The molecule has 0 atom stereocenters. The van der Waals surface area contributed by atoms with Crippen LogP contribution < -0.4 is 5.84 Å². The molecule has 0 aromatic carbocycles. The first-order valence-electron chi connectivity index (χ1n) is 2.36. The molecule has 1 aromatic heterocycles. The van der Waals surface area contributed by atoms with Gasteiger partial charge in [-0.05, 0) is 19.1 Å². The predicted molar refractivity (Wildman–Crippen MR) is 40.0 cm³/mol. The first-order valence-corrected chi connectivity index (χ1v) is 2.36. The van der Waals surface area contributed by atoms with E-state index in [4.69, 9.17) is 5.84 Å². The van der Waals surface area contributed by atoms with Crippen LogP contribution in [0.15, 0.2) is 0 Å². The van der Waals surface area contributed by atoms with Gasteiger partial charge in [0, 0.05) is 0 Å². The zero-order valence-electron chi connectivity index (χ0n) is 5.33. The van der Waals surface area contributed by atoms with Crippen molar-refractivity contribution in [3.8, 4) is 0 Å². The maximum Gasteiger partial charge on any atom is 0.0847 e. The molecule has 1 rings (SSSR count). The number of nitrogens with two attached hydrogens (primary N) is 1. The van der Waals surface area contributed by atoms with Gasteiger partial charge in [-0.25, -0.2) is 0 Å². The topological polar surface area (TPSA) is 56.7 Å². The summed E-state index contributed by atoms with van der Waals surface area (Å²) in [4.78, 5) is 1.26. The molecule has 0 bridgehead atoms. The average Bonchev–Trinajstić information content (AvgIpc) is 1.98. The van der Waals surface area contributed by atoms with Crippen molar-refractivity contribution in [2.24, 2.45) is 0 Å². The zero-order valence-corrected chi connectivity index (χ0v) is 7.04. The summed E-state index contributed by atoms with van der Waals surface area (Å²) in [6.07, 6.45) is 0. The van der Waals surface area contributed by atoms with E-state index >= 15 is 0 Å². The molecule has 0 spiro atoms. The Kier molecular flexibility index (Phi) is 2.64. The molecule has 1 aromatic rings. The molecule has 0 fully saturated rings. The molecule has 0 amide bonds. The molecule has 52 valence electrons. The van der Waals surface area contributed by atoms with Gasteiger partial charge in [0.05, 0.1) is 11.4 Å². The average molecular weight is 193 g/mol. The standard InChI is InChI=1S/C4H8N4.BrH/c1-3-4(2)8(5)7-6-3;/h5H2,1-2H3;1H. The molecule has 0 aliphatic heterocycles. The van der Waals surface area contributed by atoms with Gasteiger partial charge in [-0.15, -0.1) is 22.1 Å². The highest BCUT2D eigenvalue weighted by atomic mass is 79.9. The van der Waals surface area contributed by atoms with Gasteiger partial charge in [0.15, 0.2) is 0 Å². The fourth-order valence-corrected chi connectivity index (χ4v) is 0.420. The van der Waals surface area contributed by atoms with E-state index in [-0.39, 0.29) is 17.0 Å². The highest BCUT2D eigenvalue weighted by Crippen LogP contribution is 1.94. The van der Waals surface area contributed by atoms with Crippen LogP contribution >= 0.6 is 17.0 Å². The van der Waals surface area contributed by atoms with Crippen molar-refractivity contribution < 1.29 is 0 Å². The zero-order chi connectivity index (χ0) is 6.15. The monoisotopic (exact) mass is 192 g/mol. The second-order valence-corrected chi connectivity index (χ2v) is 1.70. The Bertz CT molecular complexity index is 175. The third-order valence-corrected chi connectivity index (χ3v) is 1.16. The van der Waals surface area contributed by atoms with Crippen molar-refractivity contribution in [1.29, 1.82) is 0 Å². The highest BCUT2D eigenvalue weighted by Gasteiger charge is 1.96. The minimum Gasteiger partial charge on any atom is -0.322 e. The molecule has 0 radical (unpaired) electrons. The van der Waals surface area contributed by atoms with Crippen LogP contribution in [0, 0.1) is 13.8 Å². The van der Waals surface area contributed by atoms with Gasteiger partial charge in [0.2, 0.25) is 0 Å². The molecule has 0 unspecified atom stereocenters. The van der Waals surface area contributed by atoms with Gasteiger partial charge in [-0.2, -0.15) is 4.79 Å². The van der Waals surface area contributed by atoms with Crippen LogP contribution in [-0.2, 0) is 0 Å². The Morgan fingerprint density at radius 2 is 2.00 bits per heavy atom. The molecule has 0 saturated heterocycles. The summed E-state index contributed by atoms with van der Waals surface area (Å²) in [5, 5.41) is 7.26. The molecule has 0 aliphatic carbocycles. The van der Waals surface area contributed by atoms with E-state index in [1.165, 1.54) is 4.79 Å². The number of aryl methyl sites for hydroxylation is 1. The third-order valence-electron chi connectivity index (χ3n) is 1.16. The minimum atomic E-state index is 0. The van der Waals surface area contributed by atoms with Gasteiger partial charge >= 0.3 is 0 Å². The highest BCUT2D eigenvalue weighted by molar-refractivity contribution is 8.93. The van der Waals surface area contributed by atoms with E-state index in [1.54, 1.807) is 0 Å². The Morgan fingerprint density at radius 1 is 1.44 bits per heavy atom. The van der Waals surface area contributed by atoms with Crippen LogP contribution in [0.5, 0.6) is 0 Å². The van der Waals surface area contributed by atoms with Gasteiger partial charge in [-0.1, -0.05) is 0 Å². The normalized spacial score (nSPS) is 8.67. The number of hydrogen-bond donors (Lipinski definition) is 1. The molecule has 4 nitrogen and oxygen atoms in total. The van der Waals surface area contributed by atoms with E-state index in [2.05, 4.69) is 10.3 Å². The molecule has 5 heteroatoms. The van der Waals surface area contributed by atoms with Gasteiger partial charge in [0.1, 0.15) is 0 Å². The van der Waals surface area contributed by atoms with Crippen molar-refractivity contribution in [2.45, 2.75) is 13.8 Å². The van der Waals surface area contributed by atoms with E-state index in [1.807, 2.05) is 13.8 Å². The molecule has 1 heterocycles. The smallest absolute Gasteiger partial charge is 0.0847 e. The molecule has 0 saturated carbocycles. The van der Waals surface area contributed by atoms with Crippen molar-refractivity contribution in [1.82, 2.24) is 15.1 Å². The fraction of sp³-hybridized carbons (Fsp3) is 0.500. The van der Waals surface area contributed by atoms with Gasteiger partial charge < -0.3 is 5.84 Å². The molecular weight excluding hydrogens is 184 g/mol. The van der Waals surface area contributed by atoms with Crippen LogP contribution in [0.4, 0.5) is 0 Å². The van der Waals surface area contributed by atoms with E-state index in [9.17, 15) is 0 Å². The number of nitrogens with zero attached hydrogens (tertiary/aromatic N) is 3. The summed E-state index contributed by atoms with van der Waals surface area (Å²) in [6, 6.07) is 0. The summed E-state index contributed by atoms with van der Waals surface area (Å²) in [7, 11) is 0. The van der Waals surface area contributed by atoms with Crippen LogP contribution in [0.3, 0.4) is 0 Å². The van der Waals surface area contributed by atoms with Crippen molar-refractivity contribution in [3.63, 3.8) is 0 Å². The second-order valence-electron chi connectivity index (χ2n) is 1.70. The lowest BCUT2D eigenvalue weighted by Crippen LogP contribution is -2.11. The van der Waals surface area contributed by atoms with Crippen molar-refractivity contribution in [3.05, 3.63) is 11.4 Å². The maximum absolute atomic E-state index is 5.28. The first kappa shape index (κ1) is 8.42. The lowest BCUT2D eigenvalue weighted by molar-refractivity contribution is 0.746. The maximum atomic E-state index is 5.28. The predicted octanol–water partition coefficient (Wildman–Crippen LogP) is 0.187. The quantitative estimate of drug-likeness (QED) is 0.598. The second kappa shape index (κ2) is 2.82. The molecular formula is C4H9BrN4.